The van der Waals surface area contributed by atoms with Gasteiger partial charge in [0.05, 0.1) is 12.0 Å². The Labute approximate surface area is 124 Å². The summed E-state index contributed by atoms with van der Waals surface area (Å²) < 4.78 is 31.3. The Bertz CT molecular complexity index is 768. The number of hydrogen-bond acceptors (Lipinski definition) is 7. The lowest BCUT2D eigenvalue weighted by atomic mass is 10.3. The molecular weight excluding hydrogens is 318 g/mol. The molecule has 112 valence electrons. The van der Waals surface area contributed by atoms with Gasteiger partial charge in [-0.1, -0.05) is 11.3 Å². The maximum absolute atomic E-state index is 12.1. The molecule has 0 atom stereocenters. The number of sulfonamides is 1. The van der Waals surface area contributed by atoms with Crippen molar-refractivity contribution >= 4 is 37.7 Å². The normalized spacial score (nSPS) is 11.1. The number of nitrogens with zero attached hydrogens (tertiary/aromatic N) is 1. The number of methoxy groups -OCH3 is 1. The van der Waals surface area contributed by atoms with Gasteiger partial charge in [0, 0.05) is 11.8 Å². The van der Waals surface area contributed by atoms with E-state index in [4.69, 9.17) is 10.5 Å². The van der Waals surface area contributed by atoms with Gasteiger partial charge >= 0.3 is 5.69 Å². The monoisotopic (exact) mass is 329 g/mol. The minimum Gasteiger partial charge on any atom is -0.497 e. The van der Waals surface area contributed by atoms with Crippen LogP contribution in [0.2, 0.25) is 0 Å². The zero-order valence-corrected chi connectivity index (χ0v) is 12.4. The molecule has 0 aliphatic carbocycles. The number of ether oxygens (including phenoxy) is 1. The fourth-order valence-corrected chi connectivity index (χ4v) is 3.78. The second-order valence-corrected chi connectivity index (χ2v) is 6.90. The Balaban J connectivity index is 2.29. The summed E-state index contributed by atoms with van der Waals surface area (Å²) in [5, 5.41) is 10.5. The lowest BCUT2D eigenvalue weighted by Gasteiger charge is -2.06. The van der Waals surface area contributed by atoms with Crippen molar-refractivity contribution in [2.45, 2.75) is 4.21 Å². The summed E-state index contributed by atoms with van der Waals surface area (Å²) in [6.07, 6.45) is 0. The Hall–Kier alpha value is -2.33. The molecule has 0 radical (unpaired) electrons. The van der Waals surface area contributed by atoms with E-state index in [-0.39, 0.29) is 9.21 Å². The third kappa shape index (κ3) is 3.23. The lowest BCUT2D eigenvalue weighted by molar-refractivity contribution is -0.383. The molecule has 2 aromatic rings. The molecule has 0 amide bonds. The van der Waals surface area contributed by atoms with Gasteiger partial charge in [-0.05, 0) is 24.3 Å². The van der Waals surface area contributed by atoms with Crippen molar-refractivity contribution in [1.29, 1.82) is 0 Å². The van der Waals surface area contributed by atoms with Crippen LogP contribution in [0.3, 0.4) is 0 Å². The van der Waals surface area contributed by atoms with Crippen LogP contribution in [0.15, 0.2) is 34.5 Å². The number of nitro groups is 1. The van der Waals surface area contributed by atoms with Crippen LogP contribution in [0.5, 0.6) is 5.75 Å². The van der Waals surface area contributed by atoms with Crippen LogP contribution in [-0.4, -0.2) is 20.5 Å². The molecule has 0 saturated carbocycles. The van der Waals surface area contributed by atoms with E-state index in [1.54, 1.807) is 12.1 Å². The van der Waals surface area contributed by atoms with Gasteiger partial charge < -0.3 is 10.5 Å². The van der Waals surface area contributed by atoms with Crippen LogP contribution in [0, 0.1) is 10.1 Å². The first-order valence-corrected chi connectivity index (χ1v) is 7.84. The van der Waals surface area contributed by atoms with E-state index in [0.29, 0.717) is 22.8 Å². The van der Waals surface area contributed by atoms with Crippen molar-refractivity contribution in [1.82, 2.24) is 0 Å². The van der Waals surface area contributed by atoms with Crippen LogP contribution in [0.1, 0.15) is 0 Å². The number of rotatable bonds is 5. The van der Waals surface area contributed by atoms with Crippen LogP contribution in [0.25, 0.3) is 0 Å². The van der Waals surface area contributed by atoms with E-state index < -0.39 is 20.6 Å². The topological polar surface area (TPSA) is 125 Å². The summed E-state index contributed by atoms with van der Waals surface area (Å²) in [5.74, 6) is 0.578. The quantitative estimate of drug-likeness (QED) is 0.639. The zero-order chi connectivity index (χ0) is 15.6. The van der Waals surface area contributed by atoms with E-state index in [1.807, 2.05) is 0 Å². The maximum atomic E-state index is 12.1. The molecule has 0 unspecified atom stereocenters. The molecule has 0 aliphatic rings. The van der Waals surface area contributed by atoms with Crippen LogP contribution in [0.4, 0.5) is 16.4 Å². The number of nitrogens with one attached hydrogen (secondary N) is 1. The van der Waals surface area contributed by atoms with Crippen molar-refractivity contribution in [3.63, 3.8) is 0 Å². The fourth-order valence-electron chi connectivity index (χ4n) is 1.51. The average Bonchev–Trinajstić information content (AvgIpc) is 2.82. The van der Waals surface area contributed by atoms with E-state index in [2.05, 4.69) is 4.72 Å². The Morgan fingerprint density at radius 2 is 1.95 bits per heavy atom. The highest BCUT2D eigenvalue weighted by molar-refractivity contribution is 7.94. The highest BCUT2D eigenvalue weighted by Gasteiger charge is 2.24. The van der Waals surface area contributed by atoms with E-state index in [0.717, 1.165) is 6.07 Å². The summed E-state index contributed by atoms with van der Waals surface area (Å²) in [5.41, 5.74) is 5.33. The minimum absolute atomic E-state index is 0.157. The van der Waals surface area contributed by atoms with Gasteiger partial charge in [0.25, 0.3) is 10.0 Å². The number of nitrogen functional groups attached to an aromatic ring is 1. The Morgan fingerprint density at radius 1 is 1.33 bits per heavy atom. The molecule has 8 nitrogen and oxygen atoms in total. The van der Waals surface area contributed by atoms with Crippen LogP contribution in [-0.2, 0) is 10.0 Å². The number of nitrogens with two attached hydrogens (primary N) is 1. The highest BCUT2D eigenvalue weighted by atomic mass is 32.2. The predicted octanol–water partition coefficient (Wildman–Crippen LogP) is 2.05. The second kappa shape index (κ2) is 5.58. The highest BCUT2D eigenvalue weighted by Crippen LogP contribution is 2.35. The molecule has 0 saturated heterocycles. The standard InChI is InChI=1S/C11H11N3O5S2/c1-19-8-4-2-7(3-5-8)13-21(17,18)10-6-9(14(15)16)11(12)20-10/h2-6,13H,12H2,1H3. The van der Waals surface area contributed by atoms with Crippen molar-refractivity contribution in [2.75, 3.05) is 17.6 Å². The molecular formula is C11H11N3O5S2. The molecule has 1 aromatic carbocycles. The molecule has 21 heavy (non-hydrogen) atoms. The van der Waals surface area contributed by atoms with E-state index in [1.165, 1.54) is 19.2 Å². The fraction of sp³-hybridized carbons (Fsp3) is 0.0909. The molecule has 0 bridgehead atoms. The van der Waals surface area contributed by atoms with E-state index in [9.17, 15) is 18.5 Å². The zero-order valence-electron chi connectivity index (χ0n) is 10.8. The molecule has 0 fully saturated rings. The van der Waals surface area contributed by atoms with Crippen molar-refractivity contribution in [3.8, 4) is 5.75 Å². The molecule has 2 rings (SSSR count). The lowest BCUT2D eigenvalue weighted by Crippen LogP contribution is -2.11. The molecule has 0 spiro atoms. The summed E-state index contributed by atoms with van der Waals surface area (Å²) in [6, 6.07) is 7.14. The molecule has 0 aliphatic heterocycles. The predicted molar refractivity (Wildman–Crippen MR) is 79.2 cm³/mol. The Morgan fingerprint density at radius 3 is 2.43 bits per heavy atom. The molecule has 1 heterocycles. The van der Waals surface area contributed by atoms with Gasteiger partial charge in [0.2, 0.25) is 0 Å². The second-order valence-electron chi connectivity index (χ2n) is 3.91. The summed E-state index contributed by atoms with van der Waals surface area (Å²) >= 11 is 0.637. The smallest absolute Gasteiger partial charge is 0.304 e. The van der Waals surface area contributed by atoms with Gasteiger partial charge in [-0.25, -0.2) is 8.42 Å². The third-order valence-corrected chi connectivity index (χ3v) is 5.33. The van der Waals surface area contributed by atoms with Crippen molar-refractivity contribution in [3.05, 3.63) is 40.4 Å². The van der Waals surface area contributed by atoms with Crippen LogP contribution < -0.4 is 15.2 Å². The van der Waals surface area contributed by atoms with E-state index >= 15 is 0 Å². The van der Waals surface area contributed by atoms with Crippen molar-refractivity contribution in [2.24, 2.45) is 0 Å². The molecule has 10 heteroatoms. The molecule has 1 aromatic heterocycles. The van der Waals surface area contributed by atoms with Gasteiger partial charge in [-0.3, -0.25) is 14.8 Å². The summed E-state index contributed by atoms with van der Waals surface area (Å²) in [7, 11) is -2.43. The van der Waals surface area contributed by atoms with Gasteiger partial charge in [-0.15, -0.1) is 0 Å². The van der Waals surface area contributed by atoms with Crippen molar-refractivity contribution < 1.29 is 18.1 Å². The summed E-state index contributed by atoms with van der Waals surface area (Å²) in [4.78, 5) is 9.97. The first-order valence-electron chi connectivity index (χ1n) is 5.54. The van der Waals surface area contributed by atoms with Crippen LogP contribution >= 0.6 is 11.3 Å². The first-order chi connectivity index (χ1) is 9.83. The number of anilines is 2. The molecule has 3 N–H and O–H groups in total. The SMILES string of the molecule is COc1ccc(NS(=O)(=O)c2cc([N+](=O)[O-])c(N)s2)cc1. The Kier molecular flexibility index (Phi) is 4.00. The number of hydrogen-bond donors (Lipinski definition) is 2. The third-order valence-electron chi connectivity index (χ3n) is 2.52. The number of thiophene rings is 1. The summed E-state index contributed by atoms with van der Waals surface area (Å²) in [6.45, 7) is 0. The largest absolute Gasteiger partial charge is 0.497 e. The van der Waals surface area contributed by atoms with Gasteiger partial charge in [0.15, 0.2) is 5.00 Å². The van der Waals surface area contributed by atoms with Gasteiger partial charge in [0.1, 0.15) is 9.96 Å². The maximum Gasteiger partial charge on any atom is 0.304 e. The first kappa shape index (κ1) is 15.1. The van der Waals surface area contributed by atoms with Gasteiger partial charge in [-0.2, -0.15) is 0 Å². The average molecular weight is 329 g/mol. The number of benzene rings is 1. The minimum atomic E-state index is -3.92.